The number of fused-ring (bicyclic) bond motifs is 2. The summed E-state index contributed by atoms with van der Waals surface area (Å²) < 4.78 is 13.2. The summed E-state index contributed by atoms with van der Waals surface area (Å²) in [6.45, 7) is 4.33. The van der Waals surface area contributed by atoms with Gasteiger partial charge >= 0.3 is 0 Å². The first-order valence-electron chi connectivity index (χ1n) is 13.4. The molecular weight excluding hydrogens is 498 g/mol. The van der Waals surface area contributed by atoms with Crippen LogP contribution in [-0.4, -0.2) is 35.9 Å². The number of aromatic nitrogens is 1. The first kappa shape index (κ1) is 25.0. The van der Waals surface area contributed by atoms with Crippen LogP contribution >= 0.6 is 11.6 Å². The van der Waals surface area contributed by atoms with Crippen LogP contribution in [0.15, 0.2) is 77.6 Å². The van der Waals surface area contributed by atoms with Gasteiger partial charge in [-0.1, -0.05) is 60.5 Å². The van der Waals surface area contributed by atoms with Gasteiger partial charge in [-0.2, -0.15) is 0 Å². The van der Waals surface area contributed by atoms with E-state index in [0.29, 0.717) is 23.9 Å². The van der Waals surface area contributed by atoms with Gasteiger partial charge in [0, 0.05) is 41.7 Å². The summed E-state index contributed by atoms with van der Waals surface area (Å²) >= 11 is 6.17. The zero-order valence-electron chi connectivity index (χ0n) is 21.4. The summed E-state index contributed by atoms with van der Waals surface area (Å²) in [5, 5.41) is 5.33. The number of piperidine rings is 1. The van der Waals surface area contributed by atoms with Gasteiger partial charge in [0.15, 0.2) is 11.5 Å². The van der Waals surface area contributed by atoms with Gasteiger partial charge in [0.05, 0.1) is 11.6 Å². The van der Waals surface area contributed by atoms with Crippen molar-refractivity contribution in [2.45, 2.75) is 38.4 Å². The van der Waals surface area contributed by atoms with E-state index in [0.717, 1.165) is 53.0 Å². The van der Waals surface area contributed by atoms with Crippen LogP contribution in [0.4, 0.5) is 0 Å². The molecule has 0 saturated carbocycles. The number of ether oxygens (including phenoxy) is 2. The van der Waals surface area contributed by atoms with Crippen LogP contribution in [0.2, 0.25) is 5.02 Å². The van der Waals surface area contributed by atoms with Gasteiger partial charge in [0.2, 0.25) is 6.79 Å². The van der Waals surface area contributed by atoms with Crippen LogP contribution in [0, 0.1) is 0 Å². The average Bonchev–Trinajstić information content (AvgIpc) is 3.41. The van der Waals surface area contributed by atoms with E-state index < -0.39 is 0 Å². The van der Waals surface area contributed by atoms with Gasteiger partial charge in [-0.05, 0) is 61.3 Å². The highest BCUT2D eigenvalue weighted by molar-refractivity contribution is 6.30. The van der Waals surface area contributed by atoms with E-state index >= 15 is 0 Å². The van der Waals surface area contributed by atoms with Crippen molar-refractivity contribution in [1.29, 1.82) is 0 Å². The molecule has 2 aliphatic rings. The molecule has 0 amide bonds. The fourth-order valence-electron chi connectivity index (χ4n) is 5.54. The third-order valence-electron chi connectivity index (χ3n) is 7.58. The molecule has 1 aromatic heterocycles. The summed E-state index contributed by atoms with van der Waals surface area (Å²) in [5.41, 5.74) is 3.87. The van der Waals surface area contributed by atoms with Crippen LogP contribution < -0.4 is 20.3 Å². The molecule has 0 spiro atoms. The monoisotopic (exact) mass is 529 g/mol. The molecule has 3 heterocycles. The van der Waals surface area contributed by atoms with Gasteiger partial charge < -0.3 is 24.3 Å². The maximum atomic E-state index is 13.9. The fraction of sp³-hybridized carbons (Fsp3) is 0.323. The van der Waals surface area contributed by atoms with E-state index in [-0.39, 0.29) is 18.4 Å². The second-order valence-electron chi connectivity index (χ2n) is 10.1. The predicted molar refractivity (Wildman–Crippen MR) is 151 cm³/mol. The first-order chi connectivity index (χ1) is 18.7. The zero-order valence-corrected chi connectivity index (χ0v) is 22.1. The number of likely N-dealkylation sites (tertiary alicyclic amines) is 1. The van der Waals surface area contributed by atoms with E-state index in [4.69, 9.17) is 21.1 Å². The molecule has 6 rings (SSSR count). The normalized spacial score (nSPS) is 16.1. The lowest BCUT2D eigenvalue weighted by Gasteiger charge is -2.27. The molecule has 1 fully saturated rings. The van der Waals surface area contributed by atoms with Crippen molar-refractivity contribution >= 4 is 22.5 Å². The fourth-order valence-corrected chi connectivity index (χ4v) is 5.67. The largest absolute Gasteiger partial charge is 0.454 e. The molecule has 0 unspecified atom stereocenters. The lowest BCUT2D eigenvalue weighted by Crippen LogP contribution is -2.36. The molecule has 0 radical (unpaired) electrons. The van der Waals surface area contributed by atoms with E-state index in [2.05, 4.69) is 22.3 Å². The number of nitrogens with zero attached hydrogens (tertiary/aromatic N) is 2. The van der Waals surface area contributed by atoms with Crippen LogP contribution in [0.3, 0.4) is 0 Å². The highest BCUT2D eigenvalue weighted by Crippen LogP contribution is 2.36. The Morgan fingerprint density at radius 2 is 1.55 bits per heavy atom. The number of rotatable bonds is 8. The van der Waals surface area contributed by atoms with Gasteiger partial charge in [0.1, 0.15) is 0 Å². The molecule has 1 saturated heterocycles. The predicted octanol–water partition coefficient (Wildman–Crippen LogP) is 5.75. The van der Waals surface area contributed by atoms with Crippen molar-refractivity contribution in [2.75, 3.05) is 26.4 Å². The quantitative estimate of drug-likeness (QED) is 0.315. The molecule has 1 N–H and O–H groups in total. The summed E-state index contributed by atoms with van der Waals surface area (Å²) in [6, 6.07) is 24.0. The lowest BCUT2D eigenvalue weighted by molar-refractivity contribution is 0.174. The molecule has 1 atom stereocenters. The zero-order chi connectivity index (χ0) is 25.9. The van der Waals surface area contributed by atoms with E-state index in [9.17, 15) is 4.79 Å². The van der Waals surface area contributed by atoms with E-state index in [1.165, 1.54) is 19.3 Å². The maximum Gasteiger partial charge on any atom is 0.255 e. The van der Waals surface area contributed by atoms with Crippen molar-refractivity contribution < 1.29 is 9.47 Å². The third kappa shape index (κ3) is 5.30. The smallest absolute Gasteiger partial charge is 0.255 e. The standard InChI is InChI=1S/C31H32ClN3O3/c32-26-11-9-23(10-12-26)30(22-7-3-1-4-8-22)33-20-25-17-24-18-28-29(38-21-37-28)19-27(24)35(31(25)36)16-15-34-13-5-2-6-14-34/h1,3-4,7-12,17-19,30,33H,2,5-6,13-16,20-21H2/t30-/m1/s1. The Labute approximate surface area is 227 Å². The van der Waals surface area contributed by atoms with Gasteiger partial charge in [-0.3, -0.25) is 4.79 Å². The maximum absolute atomic E-state index is 13.9. The Balaban J connectivity index is 1.34. The average molecular weight is 530 g/mol. The topological polar surface area (TPSA) is 55.7 Å². The lowest BCUT2D eigenvalue weighted by atomic mass is 9.98. The number of halogens is 1. The molecule has 196 valence electrons. The minimum absolute atomic E-state index is 0.0313. The molecule has 3 aromatic carbocycles. The molecule has 0 aliphatic carbocycles. The molecule has 4 aromatic rings. The van der Waals surface area contributed by atoms with Crippen molar-refractivity contribution in [2.24, 2.45) is 0 Å². The number of pyridine rings is 1. The van der Waals surface area contributed by atoms with E-state index in [1.54, 1.807) is 0 Å². The molecule has 6 nitrogen and oxygen atoms in total. The highest BCUT2D eigenvalue weighted by atomic mass is 35.5. The van der Waals surface area contributed by atoms with Gasteiger partial charge in [-0.15, -0.1) is 0 Å². The van der Waals surface area contributed by atoms with Gasteiger partial charge in [0.25, 0.3) is 5.56 Å². The van der Waals surface area contributed by atoms with Crippen molar-refractivity contribution in [3.05, 3.63) is 105 Å². The Bertz CT molecular complexity index is 1460. The highest BCUT2D eigenvalue weighted by Gasteiger charge is 2.20. The molecule has 0 bridgehead atoms. The van der Waals surface area contributed by atoms with E-state index in [1.807, 2.05) is 65.2 Å². The summed E-state index contributed by atoms with van der Waals surface area (Å²) in [5.74, 6) is 1.42. The van der Waals surface area contributed by atoms with Crippen molar-refractivity contribution in [3.63, 3.8) is 0 Å². The van der Waals surface area contributed by atoms with Crippen LogP contribution in [0.5, 0.6) is 11.5 Å². The Kier molecular flexibility index (Phi) is 7.36. The van der Waals surface area contributed by atoms with Crippen LogP contribution in [-0.2, 0) is 13.1 Å². The van der Waals surface area contributed by atoms with Crippen LogP contribution in [0.1, 0.15) is 42.0 Å². The number of nitrogens with one attached hydrogen (secondary N) is 1. The van der Waals surface area contributed by atoms with Crippen molar-refractivity contribution in [3.8, 4) is 11.5 Å². The third-order valence-corrected chi connectivity index (χ3v) is 7.84. The summed E-state index contributed by atoms with van der Waals surface area (Å²) in [7, 11) is 0. The molecule has 38 heavy (non-hydrogen) atoms. The Morgan fingerprint density at radius 3 is 2.32 bits per heavy atom. The van der Waals surface area contributed by atoms with Crippen LogP contribution in [0.25, 0.3) is 10.9 Å². The number of benzene rings is 3. The summed E-state index contributed by atoms with van der Waals surface area (Å²) in [4.78, 5) is 16.4. The second-order valence-corrected chi connectivity index (χ2v) is 10.5. The second kappa shape index (κ2) is 11.2. The minimum Gasteiger partial charge on any atom is -0.454 e. The number of hydrogen-bond acceptors (Lipinski definition) is 5. The SMILES string of the molecule is O=c1c(CN[C@H](c2ccccc2)c2ccc(Cl)cc2)cc2cc3c(cc2n1CCN1CCCCC1)OCO3. The van der Waals surface area contributed by atoms with Gasteiger partial charge in [-0.25, -0.2) is 0 Å². The molecule has 7 heteroatoms. The minimum atomic E-state index is -0.0814. The number of hydrogen-bond donors (Lipinski definition) is 1. The molecule has 2 aliphatic heterocycles. The first-order valence-corrected chi connectivity index (χ1v) is 13.8. The molecular formula is C31H32ClN3O3. The summed E-state index contributed by atoms with van der Waals surface area (Å²) in [6.07, 6.45) is 3.74. The Morgan fingerprint density at radius 1 is 0.842 bits per heavy atom. The Hall–Kier alpha value is -3.32. The van der Waals surface area contributed by atoms with Crippen molar-refractivity contribution in [1.82, 2.24) is 14.8 Å².